The van der Waals surface area contributed by atoms with Gasteiger partial charge in [-0.3, -0.25) is 4.79 Å². The summed E-state index contributed by atoms with van der Waals surface area (Å²) < 4.78 is 0. The number of unbranched alkanes of at least 4 members (excludes halogenated alkanes) is 1. The topological polar surface area (TPSA) is 29.1 Å². The maximum absolute atomic E-state index is 11.2. The van der Waals surface area contributed by atoms with Crippen LogP contribution in [0.15, 0.2) is 24.3 Å². The van der Waals surface area contributed by atoms with Crippen LogP contribution in [-0.4, -0.2) is 5.91 Å². The normalized spacial score (nSPS) is 9.86. The molecule has 1 N–H and O–H groups in total. The molecule has 0 bridgehead atoms. The Morgan fingerprint density at radius 3 is 2.50 bits per heavy atom. The Hall–Kier alpha value is -1.31. The highest BCUT2D eigenvalue weighted by atomic mass is 16.1. The van der Waals surface area contributed by atoms with Gasteiger partial charge in [-0.15, -0.1) is 0 Å². The quantitative estimate of drug-likeness (QED) is 0.776. The third-order valence-corrected chi connectivity index (χ3v) is 2.20. The lowest BCUT2D eigenvalue weighted by atomic mass is 10.1. The molecule has 0 aliphatic heterocycles. The second-order valence-corrected chi connectivity index (χ2v) is 3.31. The second kappa shape index (κ2) is 5.43. The Morgan fingerprint density at radius 2 is 2.00 bits per heavy atom. The number of rotatable bonds is 4. The van der Waals surface area contributed by atoms with E-state index in [4.69, 9.17) is 0 Å². The van der Waals surface area contributed by atoms with Gasteiger partial charge >= 0.3 is 0 Å². The van der Waals surface area contributed by atoms with Gasteiger partial charge in [0.2, 0.25) is 0 Å². The Labute approximate surface area is 85.3 Å². The van der Waals surface area contributed by atoms with Crippen molar-refractivity contribution in [3.8, 4) is 0 Å². The molecule has 1 rings (SSSR count). The van der Waals surface area contributed by atoms with Crippen molar-refractivity contribution in [2.24, 2.45) is 0 Å². The summed E-state index contributed by atoms with van der Waals surface area (Å²) in [6.07, 6.45) is 3.48. The van der Waals surface area contributed by atoms with Crippen LogP contribution in [0.5, 0.6) is 0 Å². The van der Waals surface area contributed by atoms with Crippen LogP contribution in [0.25, 0.3) is 0 Å². The van der Waals surface area contributed by atoms with Crippen molar-refractivity contribution in [1.82, 2.24) is 5.32 Å². The van der Waals surface area contributed by atoms with Crippen LogP contribution in [0.3, 0.4) is 0 Å². The van der Waals surface area contributed by atoms with E-state index in [1.54, 1.807) is 0 Å². The molecular weight excluding hydrogens is 174 g/mol. The molecule has 0 atom stereocenters. The standard InChI is InChI=1S/C12H16NO/c1-3-4-5-10-6-8-11(9-7-10)12(14)13-2/h6-9H,2-5H2,1H3,(H,13,14). The number of benzene rings is 1. The van der Waals surface area contributed by atoms with Crippen molar-refractivity contribution in [1.29, 1.82) is 0 Å². The van der Waals surface area contributed by atoms with Crippen molar-refractivity contribution in [3.63, 3.8) is 0 Å². The number of carbonyl (C=O) groups is 1. The maximum Gasteiger partial charge on any atom is 0.251 e. The number of aryl methyl sites for hydroxylation is 1. The van der Waals surface area contributed by atoms with Gasteiger partial charge in [-0.25, -0.2) is 0 Å². The highest BCUT2D eigenvalue weighted by molar-refractivity contribution is 5.94. The molecule has 0 spiro atoms. The molecule has 0 heterocycles. The van der Waals surface area contributed by atoms with Gasteiger partial charge in [0, 0.05) is 12.6 Å². The molecular formula is C12H16NO. The summed E-state index contributed by atoms with van der Waals surface area (Å²) in [5.74, 6) is -0.132. The Kier molecular flexibility index (Phi) is 4.17. The summed E-state index contributed by atoms with van der Waals surface area (Å²) in [7, 11) is 3.33. The fourth-order valence-corrected chi connectivity index (χ4v) is 1.31. The molecule has 0 unspecified atom stereocenters. The van der Waals surface area contributed by atoms with E-state index in [0.29, 0.717) is 5.56 Å². The van der Waals surface area contributed by atoms with Gasteiger partial charge in [-0.2, -0.15) is 0 Å². The van der Waals surface area contributed by atoms with Crippen molar-refractivity contribution >= 4 is 5.91 Å². The van der Waals surface area contributed by atoms with E-state index in [-0.39, 0.29) is 5.91 Å². The van der Waals surface area contributed by atoms with E-state index >= 15 is 0 Å². The van der Waals surface area contributed by atoms with Gasteiger partial charge in [0.15, 0.2) is 0 Å². The first-order valence-electron chi connectivity index (χ1n) is 4.94. The fourth-order valence-electron chi connectivity index (χ4n) is 1.31. The summed E-state index contributed by atoms with van der Waals surface area (Å²) in [6, 6.07) is 7.68. The van der Waals surface area contributed by atoms with Crippen LogP contribution >= 0.6 is 0 Å². The zero-order valence-corrected chi connectivity index (χ0v) is 8.55. The molecule has 2 heteroatoms. The molecule has 1 amide bonds. The van der Waals surface area contributed by atoms with E-state index in [1.165, 1.54) is 18.4 Å². The molecule has 0 aliphatic carbocycles. The number of amides is 1. The zero-order valence-electron chi connectivity index (χ0n) is 8.55. The van der Waals surface area contributed by atoms with E-state index in [9.17, 15) is 4.79 Å². The Balaban J connectivity index is 2.63. The average molecular weight is 190 g/mol. The van der Waals surface area contributed by atoms with Gasteiger partial charge in [0.05, 0.1) is 0 Å². The third-order valence-electron chi connectivity index (χ3n) is 2.20. The highest BCUT2D eigenvalue weighted by Gasteiger charge is 2.01. The van der Waals surface area contributed by atoms with Crippen molar-refractivity contribution < 1.29 is 4.79 Å². The van der Waals surface area contributed by atoms with Gasteiger partial charge in [0.25, 0.3) is 5.91 Å². The lowest BCUT2D eigenvalue weighted by molar-refractivity contribution is 0.0969. The first-order valence-corrected chi connectivity index (χ1v) is 4.94. The van der Waals surface area contributed by atoms with Crippen LogP contribution in [0.2, 0.25) is 0 Å². The van der Waals surface area contributed by atoms with Crippen molar-refractivity contribution in [2.45, 2.75) is 26.2 Å². The molecule has 1 aromatic carbocycles. The molecule has 0 saturated heterocycles. The largest absolute Gasteiger partial charge is 0.350 e. The summed E-state index contributed by atoms with van der Waals surface area (Å²) in [4.78, 5) is 11.2. The predicted molar refractivity (Wildman–Crippen MR) is 57.9 cm³/mol. The van der Waals surface area contributed by atoms with Crippen LogP contribution < -0.4 is 5.32 Å². The number of nitrogens with one attached hydrogen (secondary N) is 1. The minimum Gasteiger partial charge on any atom is -0.350 e. The molecule has 0 fully saturated rings. The number of carbonyl (C=O) groups excluding carboxylic acids is 1. The van der Waals surface area contributed by atoms with E-state index in [2.05, 4.69) is 19.3 Å². The van der Waals surface area contributed by atoms with Gasteiger partial charge in [-0.1, -0.05) is 25.5 Å². The fraction of sp³-hybridized carbons (Fsp3) is 0.333. The van der Waals surface area contributed by atoms with Crippen LogP contribution in [0, 0.1) is 7.05 Å². The van der Waals surface area contributed by atoms with Crippen molar-refractivity contribution in [2.75, 3.05) is 0 Å². The minimum atomic E-state index is -0.132. The van der Waals surface area contributed by atoms with Gasteiger partial charge in [0.1, 0.15) is 0 Å². The van der Waals surface area contributed by atoms with Crippen molar-refractivity contribution in [3.05, 3.63) is 42.4 Å². The molecule has 1 radical (unpaired) electrons. The summed E-state index contributed by atoms with van der Waals surface area (Å²) >= 11 is 0. The molecule has 0 aromatic heterocycles. The Bertz CT molecular complexity index is 290. The van der Waals surface area contributed by atoms with Gasteiger partial charge < -0.3 is 5.32 Å². The molecule has 0 saturated carbocycles. The smallest absolute Gasteiger partial charge is 0.251 e. The van der Waals surface area contributed by atoms with E-state index < -0.39 is 0 Å². The second-order valence-electron chi connectivity index (χ2n) is 3.31. The first kappa shape index (κ1) is 10.8. The Morgan fingerprint density at radius 1 is 1.36 bits per heavy atom. The first-order chi connectivity index (χ1) is 6.77. The molecule has 14 heavy (non-hydrogen) atoms. The molecule has 75 valence electrons. The lowest BCUT2D eigenvalue weighted by Crippen LogP contribution is -2.15. The van der Waals surface area contributed by atoms with Crippen LogP contribution in [-0.2, 0) is 6.42 Å². The van der Waals surface area contributed by atoms with Crippen LogP contribution in [0.1, 0.15) is 35.7 Å². The monoisotopic (exact) mass is 190 g/mol. The maximum atomic E-state index is 11.2. The average Bonchev–Trinajstić information content (AvgIpc) is 2.26. The number of hydrogen-bond donors (Lipinski definition) is 1. The van der Waals surface area contributed by atoms with Gasteiger partial charge in [-0.05, 0) is 30.5 Å². The molecule has 2 nitrogen and oxygen atoms in total. The zero-order chi connectivity index (χ0) is 10.4. The third kappa shape index (κ3) is 2.87. The lowest BCUT2D eigenvalue weighted by Gasteiger charge is -2.02. The summed E-state index contributed by atoms with van der Waals surface area (Å²) in [5, 5.41) is 2.35. The molecule has 0 aliphatic rings. The van der Waals surface area contributed by atoms with Crippen LogP contribution in [0.4, 0.5) is 0 Å². The number of hydrogen-bond acceptors (Lipinski definition) is 1. The summed E-state index contributed by atoms with van der Waals surface area (Å²) in [5.41, 5.74) is 1.95. The van der Waals surface area contributed by atoms with E-state index in [0.717, 1.165) is 6.42 Å². The molecule has 1 aromatic rings. The predicted octanol–water partition coefficient (Wildman–Crippen LogP) is 2.55. The SMILES string of the molecule is [CH2]NC(=O)c1ccc(CCCC)cc1. The highest BCUT2D eigenvalue weighted by Crippen LogP contribution is 2.07. The minimum absolute atomic E-state index is 0.132. The van der Waals surface area contributed by atoms with E-state index in [1.807, 2.05) is 24.3 Å². The summed E-state index contributed by atoms with van der Waals surface area (Å²) in [6.45, 7) is 2.17.